The molecular weight excluding hydrogens is 380 g/mol. The second-order valence-corrected chi connectivity index (χ2v) is 7.75. The van der Waals surface area contributed by atoms with Crippen molar-refractivity contribution in [1.29, 1.82) is 0 Å². The molecule has 1 atom stereocenters. The van der Waals surface area contributed by atoms with E-state index in [0.717, 1.165) is 16.7 Å². The lowest BCUT2D eigenvalue weighted by Gasteiger charge is -2.29. The SMILES string of the molecule is COc1cccc(CN(C(=O)COc2ccc(C)c(C)c2)[C@H](C)C(=O)NC(C)C)c1. The number of methoxy groups -OCH3 is 1. The van der Waals surface area contributed by atoms with Gasteiger partial charge in [0.15, 0.2) is 6.61 Å². The number of carbonyl (C=O) groups is 2. The second kappa shape index (κ2) is 10.7. The van der Waals surface area contributed by atoms with Crippen LogP contribution in [-0.4, -0.2) is 42.5 Å². The summed E-state index contributed by atoms with van der Waals surface area (Å²) in [5.41, 5.74) is 3.13. The molecular formula is C24H32N2O4. The van der Waals surface area contributed by atoms with Crippen LogP contribution in [0, 0.1) is 13.8 Å². The van der Waals surface area contributed by atoms with Crippen molar-refractivity contribution in [2.45, 2.75) is 53.2 Å². The Morgan fingerprint density at radius 2 is 1.73 bits per heavy atom. The van der Waals surface area contributed by atoms with Crippen molar-refractivity contribution in [1.82, 2.24) is 10.2 Å². The minimum atomic E-state index is -0.644. The Bertz CT molecular complexity index is 879. The molecule has 0 saturated heterocycles. The average Bonchev–Trinajstić information content (AvgIpc) is 2.71. The summed E-state index contributed by atoms with van der Waals surface area (Å²) in [4.78, 5) is 27.2. The summed E-state index contributed by atoms with van der Waals surface area (Å²) in [5, 5.41) is 2.88. The first-order chi connectivity index (χ1) is 14.2. The van der Waals surface area contributed by atoms with E-state index in [4.69, 9.17) is 9.47 Å². The Labute approximate surface area is 179 Å². The van der Waals surface area contributed by atoms with Gasteiger partial charge in [-0.15, -0.1) is 0 Å². The first-order valence-electron chi connectivity index (χ1n) is 10.1. The van der Waals surface area contributed by atoms with E-state index in [1.54, 1.807) is 14.0 Å². The van der Waals surface area contributed by atoms with Gasteiger partial charge < -0.3 is 19.7 Å². The maximum Gasteiger partial charge on any atom is 0.261 e. The first kappa shape index (κ1) is 23.3. The van der Waals surface area contributed by atoms with Crippen molar-refractivity contribution >= 4 is 11.8 Å². The molecule has 6 heteroatoms. The highest BCUT2D eigenvalue weighted by atomic mass is 16.5. The van der Waals surface area contributed by atoms with Crippen molar-refractivity contribution in [3.8, 4) is 11.5 Å². The smallest absolute Gasteiger partial charge is 0.261 e. The van der Waals surface area contributed by atoms with E-state index in [-0.39, 0.29) is 31.0 Å². The highest BCUT2D eigenvalue weighted by Gasteiger charge is 2.27. The standard InChI is InChI=1S/C24H32N2O4/c1-16(2)25-24(28)19(5)26(14-20-8-7-9-21(13-20)29-6)23(27)15-30-22-11-10-17(3)18(4)12-22/h7-13,16,19H,14-15H2,1-6H3,(H,25,28)/t19-/m1/s1. The predicted octanol–water partition coefficient (Wildman–Crippen LogP) is 3.63. The number of rotatable bonds is 9. The van der Waals surface area contributed by atoms with Crippen LogP contribution in [0.4, 0.5) is 0 Å². The first-order valence-corrected chi connectivity index (χ1v) is 10.1. The minimum Gasteiger partial charge on any atom is -0.497 e. The summed E-state index contributed by atoms with van der Waals surface area (Å²) in [6.45, 7) is 9.66. The van der Waals surface area contributed by atoms with Crippen LogP contribution in [0.25, 0.3) is 0 Å². The summed E-state index contributed by atoms with van der Waals surface area (Å²) in [6.07, 6.45) is 0. The van der Waals surface area contributed by atoms with Gasteiger partial charge in [0.25, 0.3) is 5.91 Å². The highest BCUT2D eigenvalue weighted by Crippen LogP contribution is 2.18. The van der Waals surface area contributed by atoms with Crippen LogP contribution in [0.3, 0.4) is 0 Å². The van der Waals surface area contributed by atoms with Crippen molar-refractivity contribution in [2.24, 2.45) is 0 Å². The molecule has 0 radical (unpaired) electrons. The summed E-state index contributed by atoms with van der Waals surface area (Å²) in [6, 6.07) is 12.5. The lowest BCUT2D eigenvalue weighted by atomic mass is 10.1. The normalized spacial score (nSPS) is 11.7. The number of nitrogens with zero attached hydrogens (tertiary/aromatic N) is 1. The monoisotopic (exact) mass is 412 g/mol. The molecule has 0 heterocycles. The van der Waals surface area contributed by atoms with E-state index in [0.29, 0.717) is 11.5 Å². The third-order valence-corrected chi connectivity index (χ3v) is 4.93. The van der Waals surface area contributed by atoms with Crippen LogP contribution in [-0.2, 0) is 16.1 Å². The summed E-state index contributed by atoms with van der Waals surface area (Å²) in [7, 11) is 1.60. The number of aryl methyl sites for hydroxylation is 2. The van der Waals surface area contributed by atoms with Crippen LogP contribution in [0.5, 0.6) is 11.5 Å². The molecule has 6 nitrogen and oxygen atoms in total. The van der Waals surface area contributed by atoms with E-state index in [2.05, 4.69) is 5.32 Å². The van der Waals surface area contributed by atoms with Gasteiger partial charge in [-0.05, 0) is 75.6 Å². The van der Waals surface area contributed by atoms with E-state index in [1.807, 2.05) is 70.2 Å². The fraction of sp³-hybridized carbons (Fsp3) is 0.417. The van der Waals surface area contributed by atoms with Gasteiger partial charge in [-0.2, -0.15) is 0 Å². The van der Waals surface area contributed by atoms with Crippen molar-refractivity contribution in [3.63, 3.8) is 0 Å². The molecule has 0 fully saturated rings. The molecule has 162 valence electrons. The fourth-order valence-corrected chi connectivity index (χ4v) is 2.99. The molecule has 0 saturated carbocycles. The number of hydrogen-bond donors (Lipinski definition) is 1. The largest absolute Gasteiger partial charge is 0.497 e. The fourth-order valence-electron chi connectivity index (χ4n) is 2.99. The van der Waals surface area contributed by atoms with Crippen molar-refractivity contribution in [2.75, 3.05) is 13.7 Å². The number of hydrogen-bond acceptors (Lipinski definition) is 4. The quantitative estimate of drug-likeness (QED) is 0.683. The Kier molecular flexibility index (Phi) is 8.27. The molecule has 0 spiro atoms. The van der Waals surface area contributed by atoms with E-state index in [1.165, 1.54) is 4.90 Å². The van der Waals surface area contributed by atoms with Crippen molar-refractivity contribution < 1.29 is 19.1 Å². The van der Waals surface area contributed by atoms with Gasteiger partial charge in [0.2, 0.25) is 5.91 Å². The minimum absolute atomic E-state index is 0.0134. The predicted molar refractivity (Wildman–Crippen MR) is 118 cm³/mol. The number of nitrogens with one attached hydrogen (secondary N) is 1. The van der Waals surface area contributed by atoms with Crippen LogP contribution < -0.4 is 14.8 Å². The summed E-state index contributed by atoms with van der Waals surface area (Å²) < 4.78 is 11.0. The Hall–Kier alpha value is -3.02. The molecule has 0 aliphatic rings. The lowest BCUT2D eigenvalue weighted by molar-refractivity contribution is -0.142. The van der Waals surface area contributed by atoms with Crippen molar-refractivity contribution in [3.05, 3.63) is 59.2 Å². The topological polar surface area (TPSA) is 67.9 Å². The third-order valence-electron chi connectivity index (χ3n) is 4.93. The number of ether oxygens (including phenoxy) is 2. The van der Waals surface area contributed by atoms with Gasteiger partial charge >= 0.3 is 0 Å². The zero-order chi connectivity index (χ0) is 22.3. The Morgan fingerprint density at radius 1 is 1.00 bits per heavy atom. The number of carbonyl (C=O) groups excluding carboxylic acids is 2. The average molecular weight is 413 g/mol. The van der Waals surface area contributed by atoms with Crippen LogP contribution in [0.15, 0.2) is 42.5 Å². The zero-order valence-corrected chi connectivity index (χ0v) is 18.7. The van der Waals surface area contributed by atoms with Gasteiger partial charge in [-0.3, -0.25) is 9.59 Å². The second-order valence-electron chi connectivity index (χ2n) is 7.75. The number of amides is 2. The zero-order valence-electron chi connectivity index (χ0n) is 18.7. The highest BCUT2D eigenvalue weighted by molar-refractivity contribution is 5.88. The van der Waals surface area contributed by atoms with Gasteiger partial charge in [-0.1, -0.05) is 18.2 Å². The van der Waals surface area contributed by atoms with Gasteiger partial charge in [-0.25, -0.2) is 0 Å². The lowest BCUT2D eigenvalue weighted by Crippen LogP contribution is -2.50. The van der Waals surface area contributed by atoms with Crippen LogP contribution in [0.2, 0.25) is 0 Å². The van der Waals surface area contributed by atoms with E-state index >= 15 is 0 Å². The van der Waals surface area contributed by atoms with E-state index < -0.39 is 6.04 Å². The molecule has 2 rings (SSSR count). The van der Waals surface area contributed by atoms with Gasteiger partial charge in [0, 0.05) is 12.6 Å². The molecule has 2 aromatic carbocycles. The molecule has 2 aromatic rings. The third kappa shape index (κ3) is 6.51. The molecule has 0 aliphatic carbocycles. The Balaban J connectivity index is 2.18. The maximum atomic E-state index is 13.0. The summed E-state index contributed by atoms with van der Waals surface area (Å²) in [5.74, 6) is 0.868. The molecule has 30 heavy (non-hydrogen) atoms. The molecule has 2 amide bonds. The number of benzene rings is 2. The van der Waals surface area contributed by atoms with Gasteiger partial charge in [0.05, 0.1) is 7.11 Å². The molecule has 0 aliphatic heterocycles. The molecule has 1 N–H and O–H groups in total. The Morgan fingerprint density at radius 3 is 2.37 bits per heavy atom. The maximum absolute atomic E-state index is 13.0. The molecule has 0 unspecified atom stereocenters. The van der Waals surface area contributed by atoms with Gasteiger partial charge in [0.1, 0.15) is 17.5 Å². The van der Waals surface area contributed by atoms with E-state index in [9.17, 15) is 9.59 Å². The molecule has 0 aromatic heterocycles. The molecule has 0 bridgehead atoms. The van der Waals surface area contributed by atoms with Crippen LogP contribution in [0.1, 0.15) is 37.5 Å². The summed E-state index contributed by atoms with van der Waals surface area (Å²) >= 11 is 0. The van der Waals surface area contributed by atoms with Crippen LogP contribution >= 0.6 is 0 Å².